The minimum Gasteiger partial charge on any atom is -0.615 e. The highest BCUT2D eigenvalue weighted by molar-refractivity contribution is 7.96. The van der Waals surface area contributed by atoms with Gasteiger partial charge in [0, 0.05) is 15.6 Å². The Bertz CT molecular complexity index is 1170. The van der Waals surface area contributed by atoms with E-state index in [4.69, 9.17) is 4.74 Å². The van der Waals surface area contributed by atoms with E-state index in [2.05, 4.69) is 29.4 Å². The van der Waals surface area contributed by atoms with E-state index in [1.165, 1.54) is 11.8 Å². The topological polar surface area (TPSA) is 67.2 Å². The summed E-state index contributed by atoms with van der Waals surface area (Å²) in [6.45, 7) is 0.809. The highest BCUT2D eigenvalue weighted by Crippen LogP contribution is 2.24. The molecule has 1 heterocycles. The molecule has 29 heavy (non-hydrogen) atoms. The van der Waals surface area contributed by atoms with Gasteiger partial charge in [-0.05, 0) is 41.0 Å². The first-order valence-corrected chi connectivity index (χ1v) is 11.4. The van der Waals surface area contributed by atoms with Gasteiger partial charge < -0.3 is 9.29 Å². The zero-order valence-corrected chi connectivity index (χ0v) is 17.0. The second kappa shape index (κ2) is 8.19. The first-order valence-electron chi connectivity index (χ1n) is 9.38. The highest BCUT2D eigenvalue weighted by Gasteiger charge is 2.10. The van der Waals surface area contributed by atoms with Gasteiger partial charge in [-0.1, -0.05) is 48.5 Å². The predicted molar refractivity (Wildman–Crippen MR) is 116 cm³/mol. The van der Waals surface area contributed by atoms with Crippen molar-refractivity contribution in [3.63, 3.8) is 0 Å². The molecule has 0 aliphatic heterocycles. The third-order valence-corrected chi connectivity index (χ3v) is 5.65. The van der Waals surface area contributed by atoms with Crippen molar-refractivity contribution in [1.29, 1.82) is 0 Å². The number of benzene rings is 3. The lowest BCUT2D eigenvalue weighted by molar-refractivity contribution is 0.306. The third-order valence-electron chi connectivity index (χ3n) is 4.73. The number of hydrogen-bond acceptors (Lipinski definition) is 4. The van der Waals surface area contributed by atoms with Crippen molar-refractivity contribution in [3.8, 4) is 16.9 Å². The molecular formula is C23H22N2O3S. The van der Waals surface area contributed by atoms with Crippen LogP contribution in [0.3, 0.4) is 0 Å². The molecule has 0 amide bonds. The number of aromatic nitrogens is 2. The molecule has 4 rings (SSSR count). The fourth-order valence-electron chi connectivity index (χ4n) is 3.22. The van der Waals surface area contributed by atoms with Crippen LogP contribution in [0.15, 0.2) is 79.0 Å². The summed E-state index contributed by atoms with van der Waals surface area (Å²) in [5.74, 6) is 0.824. The van der Waals surface area contributed by atoms with Gasteiger partial charge in [0.2, 0.25) is 0 Å². The van der Waals surface area contributed by atoms with E-state index in [0.29, 0.717) is 13.2 Å². The van der Waals surface area contributed by atoms with Crippen molar-refractivity contribution in [3.05, 3.63) is 84.6 Å². The van der Waals surface area contributed by atoms with E-state index < -0.39 is 10.2 Å². The van der Waals surface area contributed by atoms with Gasteiger partial charge in [0.25, 0.3) is 0 Å². The van der Waals surface area contributed by atoms with E-state index >= 15 is 0 Å². The van der Waals surface area contributed by atoms with Gasteiger partial charge in [-0.25, -0.2) is 0 Å². The molecule has 5 nitrogen and oxygen atoms in total. The Labute approximate surface area is 171 Å². The number of sulfone groups is 1. The van der Waals surface area contributed by atoms with Crippen molar-refractivity contribution in [1.82, 2.24) is 9.78 Å². The SMILES string of the molecule is C[S+](=O)([O-])CCn1ncc2cc(OCc3cccc(-c4ccccc4)c3)ccc21. The summed E-state index contributed by atoms with van der Waals surface area (Å²) >= 11 is 0. The van der Waals surface area contributed by atoms with E-state index in [1.807, 2.05) is 48.5 Å². The Morgan fingerprint density at radius 3 is 2.59 bits per heavy atom. The zero-order chi connectivity index (χ0) is 20.3. The fraction of sp³-hybridized carbons (Fsp3) is 0.174. The second-order valence-corrected chi connectivity index (χ2v) is 9.33. The van der Waals surface area contributed by atoms with Crippen molar-refractivity contribution < 1.29 is 13.5 Å². The smallest absolute Gasteiger partial charge is 0.128 e. The number of rotatable bonds is 7. The molecule has 4 aromatic rings. The molecule has 0 aliphatic rings. The van der Waals surface area contributed by atoms with Crippen LogP contribution in [0.25, 0.3) is 22.0 Å². The Kier molecular flexibility index (Phi) is 5.47. The van der Waals surface area contributed by atoms with Crippen molar-refractivity contribution in [2.45, 2.75) is 13.2 Å². The number of aryl methyl sites for hydroxylation is 1. The molecule has 1 unspecified atom stereocenters. The van der Waals surface area contributed by atoms with E-state index in [0.717, 1.165) is 27.8 Å². The van der Waals surface area contributed by atoms with Gasteiger partial charge in [0.15, 0.2) is 0 Å². The second-order valence-electron chi connectivity index (χ2n) is 7.07. The molecule has 0 aliphatic carbocycles. The maximum atomic E-state index is 11.4. The average molecular weight is 407 g/mol. The van der Waals surface area contributed by atoms with Crippen molar-refractivity contribution in [2.75, 3.05) is 12.0 Å². The first-order chi connectivity index (χ1) is 14.0. The van der Waals surface area contributed by atoms with Crippen LogP contribution in [-0.4, -0.2) is 26.3 Å². The van der Waals surface area contributed by atoms with Crippen LogP contribution in [-0.2, 0) is 27.6 Å². The lowest BCUT2D eigenvalue weighted by Gasteiger charge is -2.10. The minimum absolute atomic E-state index is 0.0692. The third kappa shape index (κ3) is 4.91. The Morgan fingerprint density at radius 2 is 1.79 bits per heavy atom. The molecule has 0 saturated heterocycles. The number of ether oxygens (including phenoxy) is 1. The molecule has 0 bridgehead atoms. The lowest BCUT2D eigenvalue weighted by atomic mass is 10.0. The fourth-order valence-corrected chi connectivity index (χ4v) is 3.73. The Hall–Kier alpha value is -2.96. The summed E-state index contributed by atoms with van der Waals surface area (Å²) in [4.78, 5) is 0. The van der Waals surface area contributed by atoms with Gasteiger partial charge in [0.05, 0.1) is 24.5 Å². The van der Waals surface area contributed by atoms with Crippen LogP contribution in [0.2, 0.25) is 0 Å². The predicted octanol–water partition coefficient (Wildman–Crippen LogP) is 4.54. The summed E-state index contributed by atoms with van der Waals surface area (Å²) in [6, 6.07) is 24.3. The quantitative estimate of drug-likeness (QED) is 0.423. The molecule has 1 atom stereocenters. The summed E-state index contributed by atoms with van der Waals surface area (Å²) in [5, 5.41) is 5.22. The number of hydrogen-bond donors (Lipinski definition) is 0. The molecular weight excluding hydrogens is 384 g/mol. The van der Waals surface area contributed by atoms with Crippen LogP contribution >= 0.6 is 0 Å². The van der Waals surface area contributed by atoms with Gasteiger partial charge >= 0.3 is 0 Å². The first kappa shape index (κ1) is 19.4. The molecule has 0 radical (unpaired) electrons. The standard InChI is InChI=1S/C23H22N2O3S/c1-29(26,27)13-12-25-23-11-10-22(15-21(23)16-24-25)28-17-18-6-5-9-20(14-18)19-7-3-2-4-8-19/h2-11,14-16H,12-13,17H2,1H3. The van der Waals surface area contributed by atoms with E-state index in [-0.39, 0.29) is 5.75 Å². The van der Waals surface area contributed by atoms with E-state index in [9.17, 15) is 8.76 Å². The Morgan fingerprint density at radius 1 is 1.00 bits per heavy atom. The zero-order valence-electron chi connectivity index (χ0n) is 16.2. The normalized spacial score (nSPS) is 13.3. The molecule has 0 saturated carbocycles. The maximum Gasteiger partial charge on any atom is 0.128 e. The summed E-state index contributed by atoms with van der Waals surface area (Å²) in [5.41, 5.74) is 4.33. The van der Waals surface area contributed by atoms with Crippen LogP contribution < -0.4 is 4.74 Å². The van der Waals surface area contributed by atoms with Gasteiger partial charge in [-0.15, -0.1) is 4.21 Å². The molecule has 6 heteroatoms. The largest absolute Gasteiger partial charge is 0.615 e. The van der Waals surface area contributed by atoms with Crippen LogP contribution in [0.1, 0.15) is 5.56 Å². The number of fused-ring (bicyclic) bond motifs is 1. The van der Waals surface area contributed by atoms with Gasteiger partial charge in [-0.2, -0.15) is 5.10 Å². The van der Waals surface area contributed by atoms with Crippen LogP contribution in [0.4, 0.5) is 0 Å². The molecule has 0 spiro atoms. The molecule has 3 aromatic carbocycles. The molecule has 148 valence electrons. The van der Waals surface area contributed by atoms with Gasteiger partial charge in [0.1, 0.15) is 18.1 Å². The van der Waals surface area contributed by atoms with Crippen LogP contribution in [0.5, 0.6) is 5.75 Å². The molecule has 1 aromatic heterocycles. The molecule has 0 N–H and O–H groups in total. The minimum atomic E-state index is -3.03. The monoisotopic (exact) mass is 406 g/mol. The maximum absolute atomic E-state index is 11.4. The lowest BCUT2D eigenvalue weighted by Crippen LogP contribution is -2.17. The van der Waals surface area contributed by atoms with Crippen molar-refractivity contribution >= 4 is 21.1 Å². The van der Waals surface area contributed by atoms with Crippen LogP contribution in [0, 0.1) is 0 Å². The molecule has 0 fully saturated rings. The summed E-state index contributed by atoms with van der Waals surface area (Å²) in [7, 11) is -3.03. The van der Waals surface area contributed by atoms with E-state index in [1.54, 1.807) is 10.9 Å². The number of nitrogens with zero attached hydrogens (tertiary/aromatic N) is 2. The Balaban J connectivity index is 1.46. The highest BCUT2D eigenvalue weighted by atomic mass is 32.3. The summed E-state index contributed by atoms with van der Waals surface area (Å²) < 4.78 is 30.5. The van der Waals surface area contributed by atoms with Crippen molar-refractivity contribution in [2.24, 2.45) is 0 Å². The summed E-state index contributed by atoms with van der Waals surface area (Å²) in [6.07, 6.45) is 2.97. The van der Waals surface area contributed by atoms with Gasteiger partial charge in [-0.3, -0.25) is 4.68 Å². The average Bonchev–Trinajstić information content (AvgIpc) is 3.13.